The van der Waals surface area contributed by atoms with Crippen LogP contribution in [-0.2, 0) is 0 Å². The van der Waals surface area contributed by atoms with Crippen molar-refractivity contribution in [1.82, 2.24) is 9.88 Å². The Balaban J connectivity index is 0.00000121. The van der Waals surface area contributed by atoms with Crippen LogP contribution in [0.5, 0.6) is 0 Å². The first-order valence-electron chi connectivity index (χ1n) is 7.24. The summed E-state index contributed by atoms with van der Waals surface area (Å²) in [6.07, 6.45) is 4.49. The Hall–Kier alpha value is -1.32. The molecule has 4 heteroatoms. The fraction of sp³-hybridized carbons (Fsp3) is 0.438. The molecule has 0 aliphatic carbocycles. The van der Waals surface area contributed by atoms with Gasteiger partial charge >= 0.3 is 0 Å². The topological polar surface area (TPSA) is 19.4 Å². The van der Waals surface area contributed by atoms with Gasteiger partial charge in [-0.05, 0) is 37.1 Å². The monoisotopic (exact) mass is 289 g/mol. The van der Waals surface area contributed by atoms with Crippen molar-refractivity contribution in [3.8, 4) is 0 Å². The van der Waals surface area contributed by atoms with Gasteiger partial charge < -0.3 is 9.80 Å². The second-order valence-corrected chi connectivity index (χ2v) is 5.65. The minimum absolute atomic E-state index is 0. The summed E-state index contributed by atoms with van der Waals surface area (Å²) >= 11 is 0. The van der Waals surface area contributed by atoms with Crippen molar-refractivity contribution in [2.45, 2.75) is 18.9 Å². The maximum atomic E-state index is 4.41. The molecule has 0 atom stereocenters. The number of pyridine rings is 1. The number of aromatic nitrogens is 1. The van der Waals surface area contributed by atoms with Crippen LogP contribution in [0.2, 0.25) is 0 Å². The van der Waals surface area contributed by atoms with Gasteiger partial charge in [-0.15, -0.1) is 12.4 Å². The van der Waals surface area contributed by atoms with Gasteiger partial charge in [-0.25, -0.2) is 0 Å². The molecule has 3 fully saturated rings. The van der Waals surface area contributed by atoms with Crippen LogP contribution in [0.25, 0.3) is 10.9 Å². The van der Waals surface area contributed by atoms with E-state index in [0.29, 0.717) is 0 Å². The Morgan fingerprint density at radius 2 is 1.85 bits per heavy atom. The molecule has 3 aliphatic heterocycles. The van der Waals surface area contributed by atoms with Crippen molar-refractivity contribution >= 4 is 29.0 Å². The van der Waals surface area contributed by atoms with E-state index in [2.05, 4.69) is 39.0 Å². The Morgan fingerprint density at radius 1 is 1.00 bits per heavy atom. The number of halogens is 1. The van der Waals surface area contributed by atoms with Crippen molar-refractivity contribution < 1.29 is 0 Å². The van der Waals surface area contributed by atoms with Gasteiger partial charge in [0.15, 0.2) is 0 Å². The van der Waals surface area contributed by atoms with Gasteiger partial charge in [0.2, 0.25) is 0 Å². The fourth-order valence-electron chi connectivity index (χ4n) is 3.47. The van der Waals surface area contributed by atoms with E-state index in [1.807, 2.05) is 12.3 Å². The van der Waals surface area contributed by atoms with E-state index in [1.54, 1.807) is 0 Å². The lowest BCUT2D eigenvalue weighted by molar-refractivity contribution is 0.250. The first-order chi connectivity index (χ1) is 9.40. The second-order valence-electron chi connectivity index (χ2n) is 5.65. The number of anilines is 1. The molecule has 1 aromatic heterocycles. The van der Waals surface area contributed by atoms with Crippen LogP contribution in [0.3, 0.4) is 0 Å². The number of piperidine rings is 1. The van der Waals surface area contributed by atoms with E-state index in [9.17, 15) is 0 Å². The summed E-state index contributed by atoms with van der Waals surface area (Å²) in [4.78, 5) is 9.61. The SMILES string of the molecule is Cl.c1cnc2ccc(N3CCN4CCC3CC4)cc2c1. The average Bonchev–Trinajstić information content (AvgIpc) is 2.80. The highest BCUT2D eigenvalue weighted by atomic mass is 35.5. The molecular weight excluding hydrogens is 270 g/mol. The second kappa shape index (κ2) is 5.58. The van der Waals surface area contributed by atoms with Gasteiger partial charge in [0.1, 0.15) is 0 Å². The average molecular weight is 290 g/mol. The van der Waals surface area contributed by atoms with Gasteiger partial charge in [-0.3, -0.25) is 4.98 Å². The summed E-state index contributed by atoms with van der Waals surface area (Å²) in [7, 11) is 0. The van der Waals surface area contributed by atoms with Crippen LogP contribution in [-0.4, -0.2) is 42.1 Å². The predicted molar refractivity (Wildman–Crippen MR) is 85.8 cm³/mol. The largest absolute Gasteiger partial charge is 0.367 e. The van der Waals surface area contributed by atoms with Gasteiger partial charge in [0.25, 0.3) is 0 Å². The standard InChI is InChI=1S/C16H19N3.ClH/c1-2-13-12-15(3-4-16(13)17-7-1)19-11-10-18-8-5-14(19)6-9-18;/h1-4,7,12,14H,5-6,8-11H2;1H. The molecule has 20 heavy (non-hydrogen) atoms. The van der Waals surface area contributed by atoms with Crippen molar-refractivity contribution in [2.75, 3.05) is 31.1 Å². The highest BCUT2D eigenvalue weighted by Gasteiger charge is 2.29. The number of fused-ring (bicyclic) bond motifs is 5. The predicted octanol–water partition coefficient (Wildman–Crippen LogP) is 2.94. The Morgan fingerprint density at radius 3 is 2.70 bits per heavy atom. The van der Waals surface area contributed by atoms with Gasteiger partial charge in [0.05, 0.1) is 5.52 Å². The summed E-state index contributed by atoms with van der Waals surface area (Å²) in [5, 5.41) is 1.25. The maximum Gasteiger partial charge on any atom is 0.0703 e. The van der Waals surface area contributed by atoms with Gasteiger partial charge in [-0.1, -0.05) is 6.07 Å². The first kappa shape index (κ1) is 13.7. The third kappa shape index (κ3) is 2.36. The normalized spacial score (nSPS) is 25.3. The van der Waals surface area contributed by atoms with Crippen molar-refractivity contribution in [2.24, 2.45) is 0 Å². The van der Waals surface area contributed by atoms with Gasteiger partial charge in [-0.2, -0.15) is 0 Å². The highest BCUT2D eigenvalue weighted by Crippen LogP contribution is 2.28. The van der Waals surface area contributed by atoms with E-state index in [1.165, 1.54) is 43.5 Å². The van der Waals surface area contributed by atoms with Crippen molar-refractivity contribution in [3.05, 3.63) is 36.5 Å². The zero-order valence-corrected chi connectivity index (χ0v) is 12.4. The molecule has 2 bridgehead atoms. The maximum absolute atomic E-state index is 4.41. The fourth-order valence-corrected chi connectivity index (χ4v) is 3.47. The molecule has 0 saturated carbocycles. The summed E-state index contributed by atoms with van der Waals surface area (Å²) in [6, 6.07) is 11.6. The lowest BCUT2D eigenvalue weighted by atomic mass is 10.0. The van der Waals surface area contributed by atoms with Crippen LogP contribution >= 0.6 is 12.4 Å². The highest BCUT2D eigenvalue weighted by molar-refractivity contribution is 5.85. The molecular formula is C16H20ClN3. The molecule has 4 heterocycles. The zero-order valence-electron chi connectivity index (χ0n) is 11.5. The quantitative estimate of drug-likeness (QED) is 0.805. The summed E-state index contributed by atoms with van der Waals surface area (Å²) in [5.41, 5.74) is 2.46. The first-order valence-corrected chi connectivity index (χ1v) is 7.24. The summed E-state index contributed by atoms with van der Waals surface area (Å²) in [6.45, 7) is 4.92. The van der Waals surface area contributed by atoms with E-state index < -0.39 is 0 Å². The summed E-state index contributed by atoms with van der Waals surface area (Å²) < 4.78 is 0. The van der Waals surface area contributed by atoms with Crippen molar-refractivity contribution in [1.29, 1.82) is 0 Å². The molecule has 5 rings (SSSR count). The van der Waals surface area contributed by atoms with E-state index in [0.717, 1.165) is 18.1 Å². The van der Waals surface area contributed by atoms with E-state index in [-0.39, 0.29) is 12.4 Å². The minimum atomic E-state index is 0. The van der Waals surface area contributed by atoms with Crippen LogP contribution < -0.4 is 4.90 Å². The van der Waals surface area contributed by atoms with Gasteiger partial charge in [0, 0.05) is 49.5 Å². The van der Waals surface area contributed by atoms with Crippen LogP contribution in [0.1, 0.15) is 12.8 Å². The van der Waals surface area contributed by atoms with Crippen molar-refractivity contribution in [3.63, 3.8) is 0 Å². The smallest absolute Gasteiger partial charge is 0.0703 e. The van der Waals surface area contributed by atoms with E-state index >= 15 is 0 Å². The summed E-state index contributed by atoms with van der Waals surface area (Å²) in [5.74, 6) is 0. The third-order valence-electron chi connectivity index (χ3n) is 4.57. The molecule has 0 unspecified atom stereocenters. The zero-order chi connectivity index (χ0) is 12.7. The number of hydrogen-bond donors (Lipinski definition) is 0. The molecule has 3 saturated heterocycles. The molecule has 0 spiro atoms. The van der Waals surface area contributed by atoms with E-state index in [4.69, 9.17) is 0 Å². The molecule has 0 N–H and O–H groups in total. The Bertz CT molecular complexity index is 593. The number of benzene rings is 1. The lowest BCUT2D eigenvalue weighted by Crippen LogP contribution is -2.37. The Labute approximate surface area is 126 Å². The molecule has 3 nitrogen and oxygen atoms in total. The molecule has 3 aliphatic rings. The molecule has 1 aromatic carbocycles. The molecule has 0 amide bonds. The number of nitrogens with zero attached hydrogens (tertiary/aromatic N) is 3. The number of rotatable bonds is 1. The van der Waals surface area contributed by atoms with Crippen LogP contribution in [0.15, 0.2) is 36.5 Å². The molecule has 106 valence electrons. The molecule has 0 radical (unpaired) electrons. The molecule has 2 aromatic rings. The van der Waals surface area contributed by atoms with Crippen LogP contribution in [0, 0.1) is 0 Å². The Kier molecular flexibility index (Phi) is 3.81. The van der Waals surface area contributed by atoms with Crippen LogP contribution in [0.4, 0.5) is 5.69 Å². The minimum Gasteiger partial charge on any atom is -0.367 e. The number of hydrogen-bond acceptors (Lipinski definition) is 3. The lowest BCUT2D eigenvalue weighted by Gasteiger charge is -2.33. The third-order valence-corrected chi connectivity index (χ3v) is 4.57.